The fraction of sp³-hybridized carbons (Fsp3) is 0.484. The third-order valence-electron chi connectivity index (χ3n) is 7.37. The van der Waals surface area contributed by atoms with Crippen molar-refractivity contribution < 1.29 is 28.0 Å². The molecule has 0 saturated heterocycles. The minimum absolute atomic E-state index is 0.0825. The smallest absolute Gasteiger partial charge is 0.410 e. The molecule has 12 heteroatoms. The Morgan fingerprint density at radius 1 is 1.09 bits per heavy atom. The number of benzene rings is 2. The van der Waals surface area contributed by atoms with Crippen LogP contribution in [0.3, 0.4) is 0 Å². The number of halogens is 1. The number of hydrogen-bond donors (Lipinski definition) is 1. The molecule has 3 amide bonds. The molecule has 2 heterocycles. The van der Waals surface area contributed by atoms with E-state index < -0.39 is 11.7 Å². The largest absolute Gasteiger partial charge is 0.444 e. The van der Waals surface area contributed by atoms with Gasteiger partial charge in [0.15, 0.2) is 5.58 Å². The second-order valence-electron chi connectivity index (χ2n) is 11.8. The molecule has 0 atom stereocenters. The van der Waals surface area contributed by atoms with Gasteiger partial charge in [0.25, 0.3) is 5.91 Å². The molecule has 0 saturated carbocycles. The van der Waals surface area contributed by atoms with Crippen LogP contribution in [0.5, 0.6) is 0 Å². The molecule has 4 rings (SSSR count). The first kappa shape index (κ1) is 31.7. The Kier molecular flexibility index (Phi) is 9.59. The monoisotopic (exact) mass is 596 g/mol. The number of carbonyl (C=O) groups excluding carboxylic acids is 3. The Labute approximate surface area is 251 Å². The van der Waals surface area contributed by atoms with Crippen molar-refractivity contribution in [3.8, 4) is 0 Å². The molecule has 2 aromatic carbocycles. The Morgan fingerprint density at radius 2 is 1.81 bits per heavy atom. The predicted octanol–water partition coefficient (Wildman–Crippen LogP) is 4.15. The van der Waals surface area contributed by atoms with E-state index >= 15 is 0 Å². The fourth-order valence-corrected chi connectivity index (χ4v) is 5.01. The predicted molar refractivity (Wildman–Crippen MR) is 161 cm³/mol. The number of hydrogen-bond acceptors (Lipinski definition) is 8. The number of hydrazine groups is 1. The first-order chi connectivity index (χ1) is 20.3. The van der Waals surface area contributed by atoms with Crippen molar-refractivity contribution in [2.75, 3.05) is 44.7 Å². The number of nitrogens with zero attached hydrogens (tertiary/aromatic N) is 5. The van der Waals surface area contributed by atoms with Crippen LogP contribution < -0.4 is 10.2 Å². The van der Waals surface area contributed by atoms with Gasteiger partial charge in [-0.2, -0.15) is 0 Å². The summed E-state index contributed by atoms with van der Waals surface area (Å²) in [5.74, 6) is -0.846. The van der Waals surface area contributed by atoms with Crippen LogP contribution >= 0.6 is 0 Å². The van der Waals surface area contributed by atoms with Crippen molar-refractivity contribution in [2.45, 2.75) is 60.2 Å². The van der Waals surface area contributed by atoms with Crippen molar-refractivity contribution in [1.29, 1.82) is 0 Å². The lowest BCUT2D eigenvalue weighted by atomic mass is 10.1. The summed E-state index contributed by atoms with van der Waals surface area (Å²) in [5.41, 5.74) is 4.03. The number of aryl methyl sites for hydroxylation is 2. The molecule has 11 nitrogen and oxygen atoms in total. The van der Waals surface area contributed by atoms with E-state index in [2.05, 4.69) is 10.5 Å². The fourth-order valence-electron chi connectivity index (χ4n) is 5.01. The van der Waals surface area contributed by atoms with Crippen LogP contribution in [0.2, 0.25) is 0 Å². The van der Waals surface area contributed by atoms with Crippen molar-refractivity contribution in [1.82, 2.24) is 25.4 Å². The first-order valence-corrected chi connectivity index (χ1v) is 14.4. The van der Waals surface area contributed by atoms with Gasteiger partial charge in [-0.1, -0.05) is 11.2 Å². The molecule has 1 aliphatic heterocycles. The maximum absolute atomic E-state index is 13.8. The van der Waals surface area contributed by atoms with Gasteiger partial charge in [0.2, 0.25) is 5.91 Å². The molecule has 1 aromatic heterocycles. The molecular formula is C31H41FN6O5. The minimum atomic E-state index is -0.621. The highest BCUT2D eigenvalue weighted by Crippen LogP contribution is 2.29. The number of fused-ring (bicyclic) bond motifs is 2. The van der Waals surface area contributed by atoms with Crippen LogP contribution in [-0.4, -0.2) is 83.4 Å². The van der Waals surface area contributed by atoms with Crippen LogP contribution in [0.1, 0.15) is 50.1 Å². The molecule has 0 radical (unpaired) electrons. The molecule has 43 heavy (non-hydrogen) atoms. The van der Waals surface area contributed by atoms with Crippen LogP contribution in [0.25, 0.3) is 11.0 Å². The van der Waals surface area contributed by atoms with E-state index in [1.807, 2.05) is 37.9 Å². The molecule has 0 fully saturated rings. The standard InChI is InChI=1S/C31H41FN6O5/c1-8-36(30(41)42-31(4,5)6)12-11-33-28(39)18-37(26-15-25-21(3)34-43-27(25)13-20(26)2)19-29(40)35(7)38-16-22-9-10-24(32)14-23(22)17-38/h9-10,13-15H,8,11-12,16-19H2,1-7H3,(H,33,39). The van der Waals surface area contributed by atoms with Crippen molar-refractivity contribution >= 4 is 34.6 Å². The topological polar surface area (TPSA) is 111 Å². The maximum Gasteiger partial charge on any atom is 0.410 e. The Hall–Kier alpha value is -4.19. The molecule has 0 unspecified atom stereocenters. The minimum Gasteiger partial charge on any atom is -0.444 e. The van der Waals surface area contributed by atoms with Gasteiger partial charge in [-0.25, -0.2) is 14.2 Å². The third kappa shape index (κ3) is 7.81. The summed E-state index contributed by atoms with van der Waals surface area (Å²) in [6, 6.07) is 8.38. The molecular weight excluding hydrogens is 555 g/mol. The van der Waals surface area contributed by atoms with Gasteiger partial charge in [-0.3, -0.25) is 14.6 Å². The van der Waals surface area contributed by atoms with E-state index in [4.69, 9.17) is 9.26 Å². The normalized spacial score (nSPS) is 13.1. The Bertz CT molecular complexity index is 1500. The number of nitrogens with one attached hydrogen (secondary N) is 1. The SMILES string of the molecule is CCN(CCNC(=O)CN(CC(=O)N(C)N1Cc2ccc(F)cc2C1)c1cc2c(C)noc2cc1C)C(=O)OC(C)(C)C. The zero-order valence-corrected chi connectivity index (χ0v) is 26.0. The van der Waals surface area contributed by atoms with Crippen LogP contribution in [0, 0.1) is 19.7 Å². The lowest BCUT2D eigenvalue weighted by Crippen LogP contribution is -2.48. The van der Waals surface area contributed by atoms with Crippen LogP contribution in [-0.2, 0) is 27.4 Å². The highest BCUT2D eigenvalue weighted by molar-refractivity contribution is 5.90. The summed E-state index contributed by atoms with van der Waals surface area (Å²) in [4.78, 5) is 42.5. The summed E-state index contributed by atoms with van der Waals surface area (Å²) in [6.07, 6.45) is -0.445. The number of rotatable bonds is 10. The summed E-state index contributed by atoms with van der Waals surface area (Å²) in [5, 5.41) is 11.1. The van der Waals surface area contributed by atoms with E-state index in [1.54, 1.807) is 38.8 Å². The number of likely N-dealkylation sites (N-methyl/N-ethyl adjacent to an activating group) is 2. The first-order valence-electron chi connectivity index (χ1n) is 14.4. The molecule has 232 valence electrons. The second-order valence-corrected chi connectivity index (χ2v) is 11.8. The molecule has 0 aliphatic carbocycles. The van der Waals surface area contributed by atoms with Gasteiger partial charge in [-0.15, -0.1) is 0 Å². The second kappa shape index (κ2) is 13.0. The lowest BCUT2D eigenvalue weighted by Gasteiger charge is -2.32. The zero-order chi connectivity index (χ0) is 31.5. The van der Waals surface area contributed by atoms with Gasteiger partial charge in [0.1, 0.15) is 11.4 Å². The molecule has 1 aliphatic rings. The van der Waals surface area contributed by atoms with E-state index in [0.29, 0.717) is 36.6 Å². The summed E-state index contributed by atoms with van der Waals surface area (Å²) < 4.78 is 24.6. The molecule has 0 bridgehead atoms. The quantitative estimate of drug-likeness (QED) is 0.372. The van der Waals surface area contributed by atoms with Gasteiger partial charge < -0.3 is 24.4 Å². The zero-order valence-electron chi connectivity index (χ0n) is 26.0. The highest BCUT2D eigenvalue weighted by atomic mass is 19.1. The van der Waals surface area contributed by atoms with Gasteiger partial charge in [0.05, 0.1) is 18.8 Å². The van der Waals surface area contributed by atoms with Crippen LogP contribution in [0.15, 0.2) is 34.9 Å². The molecule has 0 spiro atoms. The van der Waals surface area contributed by atoms with E-state index in [9.17, 15) is 18.8 Å². The van der Waals surface area contributed by atoms with Gasteiger partial charge >= 0.3 is 6.09 Å². The average Bonchev–Trinajstić information content (AvgIpc) is 3.51. The highest BCUT2D eigenvalue weighted by Gasteiger charge is 2.28. The third-order valence-corrected chi connectivity index (χ3v) is 7.37. The van der Waals surface area contributed by atoms with E-state index in [0.717, 1.165) is 22.1 Å². The summed E-state index contributed by atoms with van der Waals surface area (Å²) in [6.45, 7) is 12.6. The summed E-state index contributed by atoms with van der Waals surface area (Å²) in [7, 11) is 1.68. The number of anilines is 1. The van der Waals surface area contributed by atoms with E-state index in [1.165, 1.54) is 22.0 Å². The number of aromatic nitrogens is 1. The summed E-state index contributed by atoms with van der Waals surface area (Å²) >= 11 is 0. The van der Waals surface area contributed by atoms with Crippen molar-refractivity contribution in [2.24, 2.45) is 0 Å². The number of ether oxygens (including phenoxy) is 1. The van der Waals surface area contributed by atoms with Crippen LogP contribution in [0.4, 0.5) is 14.9 Å². The van der Waals surface area contributed by atoms with Crippen molar-refractivity contribution in [3.05, 3.63) is 58.5 Å². The van der Waals surface area contributed by atoms with Gasteiger partial charge in [-0.05, 0) is 82.5 Å². The Morgan fingerprint density at radius 3 is 2.51 bits per heavy atom. The van der Waals surface area contributed by atoms with E-state index in [-0.39, 0.29) is 43.8 Å². The average molecular weight is 597 g/mol. The van der Waals surface area contributed by atoms with Crippen molar-refractivity contribution in [3.63, 3.8) is 0 Å². The molecule has 1 N–H and O–H groups in total. The maximum atomic E-state index is 13.8. The number of amides is 3. The Balaban J connectivity index is 1.47. The molecule has 3 aromatic rings. The number of carbonyl (C=O) groups is 3. The van der Waals surface area contributed by atoms with Gasteiger partial charge in [0, 0.05) is 50.8 Å². The lowest BCUT2D eigenvalue weighted by molar-refractivity contribution is -0.145.